The molecule has 1 aliphatic heterocycles. The molecule has 1 heterocycles. The van der Waals surface area contributed by atoms with Crippen LogP contribution < -0.4 is 5.32 Å². The highest BCUT2D eigenvalue weighted by Gasteiger charge is 2.34. The first-order chi connectivity index (χ1) is 12.0. The zero-order chi connectivity index (χ0) is 17.8. The predicted molar refractivity (Wildman–Crippen MR) is 99.7 cm³/mol. The van der Waals surface area contributed by atoms with E-state index in [1.807, 2.05) is 43.3 Å². The van der Waals surface area contributed by atoms with Gasteiger partial charge in [-0.2, -0.15) is 0 Å². The Hall–Kier alpha value is -2.33. The molecular formula is C20H21ClN2O2. The molecule has 0 aromatic heterocycles. The Morgan fingerprint density at radius 1 is 1.20 bits per heavy atom. The fraction of sp³-hybridized carbons (Fsp3) is 0.300. The maximum Gasteiger partial charge on any atom is 0.229 e. The number of carbonyl (C=O) groups excluding carboxylic acids is 2. The standard InChI is InChI=1S/C20H21ClN2O2/c1-14-17(21)8-5-9-18(14)22-20(25)16-12-19(24)23(13-16)11-10-15-6-3-2-4-7-15/h2-9,16H,10-13H2,1H3,(H,22,25). The number of likely N-dealkylation sites (tertiary alicyclic amines) is 1. The lowest BCUT2D eigenvalue weighted by Crippen LogP contribution is -2.30. The van der Waals surface area contributed by atoms with Gasteiger partial charge in [0, 0.05) is 30.2 Å². The Morgan fingerprint density at radius 3 is 2.72 bits per heavy atom. The Morgan fingerprint density at radius 2 is 1.96 bits per heavy atom. The normalized spacial score (nSPS) is 17.0. The monoisotopic (exact) mass is 356 g/mol. The molecule has 0 saturated carbocycles. The molecule has 25 heavy (non-hydrogen) atoms. The summed E-state index contributed by atoms with van der Waals surface area (Å²) < 4.78 is 0. The van der Waals surface area contributed by atoms with E-state index in [4.69, 9.17) is 11.6 Å². The average molecular weight is 357 g/mol. The highest BCUT2D eigenvalue weighted by atomic mass is 35.5. The van der Waals surface area contributed by atoms with Gasteiger partial charge in [0.15, 0.2) is 0 Å². The number of halogens is 1. The van der Waals surface area contributed by atoms with Crippen LogP contribution in [0, 0.1) is 12.8 Å². The summed E-state index contributed by atoms with van der Waals surface area (Å²) in [5, 5.41) is 3.52. The fourth-order valence-electron chi connectivity index (χ4n) is 3.05. The molecule has 0 aliphatic carbocycles. The van der Waals surface area contributed by atoms with Crippen LogP contribution in [0.3, 0.4) is 0 Å². The Kier molecular flexibility index (Phi) is 5.39. The number of carbonyl (C=O) groups is 2. The molecule has 1 fully saturated rings. The maximum absolute atomic E-state index is 12.5. The molecular weight excluding hydrogens is 336 g/mol. The fourth-order valence-corrected chi connectivity index (χ4v) is 3.22. The second kappa shape index (κ2) is 7.70. The van der Waals surface area contributed by atoms with E-state index in [0.29, 0.717) is 23.8 Å². The molecule has 0 spiro atoms. The van der Waals surface area contributed by atoms with Crippen LogP contribution in [0.2, 0.25) is 5.02 Å². The van der Waals surface area contributed by atoms with Crippen molar-refractivity contribution < 1.29 is 9.59 Å². The minimum absolute atomic E-state index is 0.0406. The van der Waals surface area contributed by atoms with Crippen molar-refractivity contribution in [3.05, 3.63) is 64.7 Å². The van der Waals surface area contributed by atoms with Gasteiger partial charge in [-0.25, -0.2) is 0 Å². The zero-order valence-electron chi connectivity index (χ0n) is 14.2. The van der Waals surface area contributed by atoms with Crippen molar-refractivity contribution in [2.45, 2.75) is 19.8 Å². The second-order valence-corrected chi connectivity index (χ2v) is 6.79. The van der Waals surface area contributed by atoms with Crippen LogP contribution >= 0.6 is 11.6 Å². The lowest BCUT2D eigenvalue weighted by Gasteiger charge is -2.17. The van der Waals surface area contributed by atoms with Gasteiger partial charge < -0.3 is 10.2 Å². The predicted octanol–water partition coefficient (Wildman–Crippen LogP) is 3.68. The summed E-state index contributed by atoms with van der Waals surface area (Å²) in [4.78, 5) is 26.5. The van der Waals surface area contributed by atoms with Gasteiger partial charge in [0.2, 0.25) is 11.8 Å². The van der Waals surface area contributed by atoms with Crippen molar-refractivity contribution in [2.24, 2.45) is 5.92 Å². The quantitative estimate of drug-likeness (QED) is 0.888. The van der Waals surface area contributed by atoms with E-state index in [-0.39, 0.29) is 24.2 Å². The van der Waals surface area contributed by atoms with Crippen molar-refractivity contribution in [3.8, 4) is 0 Å². The molecule has 1 atom stereocenters. The summed E-state index contributed by atoms with van der Waals surface area (Å²) in [6.45, 7) is 2.98. The third-order valence-electron chi connectivity index (χ3n) is 4.62. The number of anilines is 1. The summed E-state index contributed by atoms with van der Waals surface area (Å²) in [7, 11) is 0. The Bertz CT molecular complexity index is 777. The molecule has 0 bridgehead atoms. The Balaban J connectivity index is 1.58. The van der Waals surface area contributed by atoms with Gasteiger partial charge in [-0.05, 0) is 36.6 Å². The van der Waals surface area contributed by atoms with Crippen LogP contribution in [0.5, 0.6) is 0 Å². The number of rotatable bonds is 5. The van der Waals surface area contributed by atoms with Gasteiger partial charge in [-0.15, -0.1) is 0 Å². The highest BCUT2D eigenvalue weighted by Crippen LogP contribution is 2.25. The molecule has 1 N–H and O–H groups in total. The smallest absolute Gasteiger partial charge is 0.229 e. The van der Waals surface area contributed by atoms with E-state index in [1.165, 1.54) is 5.56 Å². The number of nitrogens with zero attached hydrogens (tertiary/aromatic N) is 1. The third-order valence-corrected chi connectivity index (χ3v) is 5.03. The SMILES string of the molecule is Cc1c(Cl)cccc1NC(=O)C1CC(=O)N(CCc2ccccc2)C1. The van der Waals surface area contributed by atoms with Crippen LogP contribution in [0.4, 0.5) is 5.69 Å². The maximum atomic E-state index is 12.5. The van der Waals surface area contributed by atoms with Crippen LogP contribution in [0.25, 0.3) is 0 Å². The van der Waals surface area contributed by atoms with E-state index in [2.05, 4.69) is 5.32 Å². The van der Waals surface area contributed by atoms with Gasteiger partial charge in [-0.3, -0.25) is 9.59 Å². The molecule has 3 rings (SSSR count). The molecule has 4 nitrogen and oxygen atoms in total. The minimum Gasteiger partial charge on any atom is -0.342 e. The molecule has 2 aromatic rings. The van der Waals surface area contributed by atoms with E-state index >= 15 is 0 Å². The first-order valence-corrected chi connectivity index (χ1v) is 8.80. The first-order valence-electron chi connectivity index (χ1n) is 8.42. The van der Waals surface area contributed by atoms with Gasteiger partial charge in [0.05, 0.1) is 5.92 Å². The zero-order valence-corrected chi connectivity index (χ0v) is 14.9. The molecule has 5 heteroatoms. The largest absolute Gasteiger partial charge is 0.342 e. The number of hydrogen-bond donors (Lipinski definition) is 1. The Labute approximate surface area is 152 Å². The van der Waals surface area contributed by atoms with E-state index in [1.54, 1.807) is 17.0 Å². The van der Waals surface area contributed by atoms with Crippen molar-refractivity contribution >= 4 is 29.1 Å². The van der Waals surface area contributed by atoms with Crippen molar-refractivity contribution in [1.29, 1.82) is 0 Å². The van der Waals surface area contributed by atoms with Crippen molar-refractivity contribution in [1.82, 2.24) is 4.90 Å². The molecule has 1 aliphatic rings. The van der Waals surface area contributed by atoms with Gasteiger partial charge in [0.1, 0.15) is 0 Å². The molecule has 130 valence electrons. The molecule has 2 aromatic carbocycles. The van der Waals surface area contributed by atoms with E-state index in [9.17, 15) is 9.59 Å². The van der Waals surface area contributed by atoms with Crippen molar-refractivity contribution in [3.63, 3.8) is 0 Å². The number of amides is 2. The minimum atomic E-state index is -0.318. The van der Waals surface area contributed by atoms with Gasteiger partial charge in [-0.1, -0.05) is 48.0 Å². The summed E-state index contributed by atoms with van der Waals surface area (Å²) in [5.41, 5.74) is 2.73. The van der Waals surface area contributed by atoms with E-state index in [0.717, 1.165) is 12.0 Å². The van der Waals surface area contributed by atoms with E-state index < -0.39 is 0 Å². The number of benzene rings is 2. The molecule has 0 radical (unpaired) electrons. The summed E-state index contributed by atoms with van der Waals surface area (Å²) in [6.07, 6.45) is 1.06. The second-order valence-electron chi connectivity index (χ2n) is 6.38. The number of hydrogen-bond acceptors (Lipinski definition) is 2. The highest BCUT2D eigenvalue weighted by molar-refractivity contribution is 6.31. The average Bonchev–Trinajstić information content (AvgIpc) is 2.99. The summed E-state index contributed by atoms with van der Waals surface area (Å²) >= 11 is 6.09. The van der Waals surface area contributed by atoms with Gasteiger partial charge in [0.25, 0.3) is 0 Å². The molecule has 1 saturated heterocycles. The van der Waals surface area contributed by atoms with Crippen LogP contribution in [-0.4, -0.2) is 29.8 Å². The number of nitrogens with one attached hydrogen (secondary N) is 1. The lowest BCUT2D eigenvalue weighted by molar-refractivity contribution is -0.128. The van der Waals surface area contributed by atoms with Crippen molar-refractivity contribution in [2.75, 3.05) is 18.4 Å². The van der Waals surface area contributed by atoms with Crippen LogP contribution in [0.1, 0.15) is 17.5 Å². The van der Waals surface area contributed by atoms with Gasteiger partial charge >= 0.3 is 0 Å². The molecule has 2 amide bonds. The lowest BCUT2D eigenvalue weighted by atomic mass is 10.1. The van der Waals surface area contributed by atoms with Crippen LogP contribution in [-0.2, 0) is 16.0 Å². The third kappa shape index (κ3) is 4.20. The summed E-state index contributed by atoms with van der Waals surface area (Å²) in [6, 6.07) is 15.5. The topological polar surface area (TPSA) is 49.4 Å². The summed E-state index contributed by atoms with van der Waals surface area (Å²) in [5.74, 6) is -0.401. The molecule has 1 unspecified atom stereocenters. The first kappa shape index (κ1) is 17.5. The van der Waals surface area contributed by atoms with Crippen LogP contribution in [0.15, 0.2) is 48.5 Å².